The number of amides is 2. The predicted molar refractivity (Wildman–Crippen MR) is 105 cm³/mol. The molecule has 168 valence electrons. The molecule has 1 fully saturated rings. The monoisotopic (exact) mass is 448 g/mol. The van der Waals surface area contributed by atoms with Crippen LogP contribution in [0.4, 0.5) is 13.2 Å². The fourth-order valence-electron chi connectivity index (χ4n) is 3.28. The molecular formula is C21H19F3N4O4. The van der Waals surface area contributed by atoms with Gasteiger partial charge >= 0.3 is 6.18 Å². The summed E-state index contributed by atoms with van der Waals surface area (Å²) in [6, 6.07) is 9.27. The van der Waals surface area contributed by atoms with E-state index in [0.717, 1.165) is 12.1 Å². The van der Waals surface area contributed by atoms with E-state index in [1.165, 1.54) is 35.3 Å². The number of ether oxygens (including phenoxy) is 1. The molecule has 32 heavy (non-hydrogen) atoms. The maximum Gasteiger partial charge on any atom is 0.416 e. The first-order valence-corrected chi connectivity index (χ1v) is 9.77. The summed E-state index contributed by atoms with van der Waals surface area (Å²) in [5.74, 6) is -0.226. The van der Waals surface area contributed by atoms with E-state index in [1.54, 1.807) is 21.9 Å². The number of rotatable bonds is 5. The van der Waals surface area contributed by atoms with Gasteiger partial charge in [0.2, 0.25) is 0 Å². The van der Waals surface area contributed by atoms with E-state index in [4.69, 9.17) is 9.15 Å². The third-order valence-electron chi connectivity index (χ3n) is 4.97. The fourth-order valence-corrected chi connectivity index (χ4v) is 3.28. The Morgan fingerprint density at radius 2 is 1.72 bits per heavy atom. The number of nitrogens with zero attached hydrogens (tertiary/aromatic N) is 4. The van der Waals surface area contributed by atoms with Crippen molar-refractivity contribution in [2.24, 2.45) is 0 Å². The lowest BCUT2D eigenvalue weighted by Gasteiger charge is -2.33. The molecule has 2 aromatic heterocycles. The van der Waals surface area contributed by atoms with Crippen molar-refractivity contribution in [2.45, 2.75) is 12.9 Å². The summed E-state index contributed by atoms with van der Waals surface area (Å²) in [6.45, 7) is 1.27. The van der Waals surface area contributed by atoms with Gasteiger partial charge in [0, 0.05) is 32.4 Å². The lowest BCUT2D eigenvalue weighted by Crippen LogP contribution is -2.50. The number of hydrogen-bond acceptors (Lipinski definition) is 5. The largest absolute Gasteiger partial charge is 0.471 e. The van der Waals surface area contributed by atoms with Crippen molar-refractivity contribution in [3.8, 4) is 5.75 Å². The van der Waals surface area contributed by atoms with Gasteiger partial charge < -0.3 is 19.0 Å². The van der Waals surface area contributed by atoms with Gasteiger partial charge in [0.05, 0.1) is 11.8 Å². The number of halogens is 3. The second kappa shape index (κ2) is 8.77. The van der Waals surface area contributed by atoms with Gasteiger partial charge in [-0.15, -0.1) is 0 Å². The molecule has 2 amide bonds. The molecule has 0 N–H and O–H groups in total. The Kier molecular flexibility index (Phi) is 5.89. The molecule has 0 radical (unpaired) electrons. The molecule has 1 aromatic carbocycles. The highest BCUT2D eigenvalue weighted by Crippen LogP contribution is 2.31. The second-order valence-corrected chi connectivity index (χ2v) is 7.10. The molecule has 11 heteroatoms. The van der Waals surface area contributed by atoms with Gasteiger partial charge in [-0.05, 0) is 36.4 Å². The Bertz CT molecular complexity index is 1090. The molecule has 8 nitrogen and oxygen atoms in total. The molecule has 0 aliphatic carbocycles. The van der Waals surface area contributed by atoms with E-state index in [9.17, 15) is 22.8 Å². The molecular weight excluding hydrogens is 429 g/mol. The molecule has 1 aliphatic rings. The number of piperazine rings is 1. The molecule has 0 unspecified atom stereocenters. The highest BCUT2D eigenvalue weighted by molar-refractivity contribution is 5.93. The Morgan fingerprint density at radius 3 is 2.38 bits per heavy atom. The van der Waals surface area contributed by atoms with E-state index in [-0.39, 0.29) is 35.7 Å². The average molecular weight is 448 g/mol. The first kappa shape index (κ1) is 21.5. The third-order valence-corrected chi connectivity index (χ3v) is 4.97. The van der Waals surface area contributed by atoms with Gasteiger partial charge in [-0.1, -0.05) is 6.07 Å². The smallest absolute Gasteiger partial charge is 0.416 e. The van der Waals surface area contributed by atoms with Gasteiger partial charge in [0.15, 0.2) is 18.2 Å². The molecule has 0 spiro atoms. The molecule has 3 heterocycles. The van der Waals surface area contributed by atoms with Gasteiger partial charge in [0.1, 0.15) is 5.75 Å². The van der Waals surface area contributed by atoms with E-state index in [0.29, 0.717) is 26.2 Å². The number of carbonyl (C=O) groups excluding carboxylic acids is 2. The van der Waals surface area contributed by atoms with Crippen LogP contribution in [-0.2, 0) is 12.9 Å². The first-order valence-electron chi connectivity index (χ1n) is 9.77. The van der Waals surface area contributed by atoms with E-state index < -0.39 is 11.7 Å². The van der Waals surface area contributed by atoms with Crippen LogP contribution < -0.4 is 4.74 Å². The zero-order valence-electron chi connectivity index (χ0n) is 16.8. The highest BCUT2D eigenvalue weighted by Gasteiger charge is 2.31. The quantitative estimate of drug-likeness (QED) is 0.599. The lowest BCUT2D eigenvalue weighted by molar-refractivity contribution is -0.137. The minimum absolute atomic E-state index is 0.0422. The first-order chi connectivity index (χ1) is 15.3. The number of furan rings is 1. The molecule has 1 aliphatic heterocycles. The van der Waals surface area contributed by atoms with Gasteiger partial charge in [-0.2, -0.15) is 18.3 Å². The minimum atomic E-state index is -4.46. The number of carbonyl (C=O) groups is 2. The predicted octanol–water partition coefficient (Wildman–Crippen LogP) is 3.13. The van der Waals surface area contributed by atoms with Crippen LogP contribution in [0.1, 0.15) is 26.6 Å². The summed E-state index contributed by atoms with van der Waals surface area (Å²) in [6.07, 6.45) is -1.52. The van der Waals surface area contributed by atoms with Crippen molar-refractivity contribution in [1.82, 2.24) is 19.6 Å². The van der Waals surface area contributed by atoms with Crippen LogP contribution in [0.25, 0.3) is 0 Å². The third kappa shape index (κ3) is 4.76. The number of alkyl halides is 3. The number of hydrogen-bond donors (Lipinski definition) is 0. The van der Waals surface area contributed by atoms with Gasteiger partial charge in [-0.25, -0.2) is 4.68 Å². The summed E-state index contributed by atoms with van der Waals surface area (Å²) >= 11 is 0. The van der Waals surface area contributed by atoms with Crippen LogP contribution in [-0.4, -0.2) is 57.6 Å². The van der Waals surface area contributed by atoms with Crippen LogP contribution in [0, 0.1) is 0 Å². The van der Waals surface area contributed by atoms with E-state index in [2.05, 4.69) is 5.10 Å². The molecule has 3 aromatic rings. The van der Waals surface area contributed by atoms with Crippen LogP contribution >= 0.6 is 0 Å². The van der Waals surface area contributed by atoms with Crippen LogP contribution in [0.3, 0.4) is 0 Å². The van der Waals surface area contributed by atoms with Crippen molar-refractivity contribution in [2.75, 3.05) is 26.2 Å². The van der Waals surface area contributed by atoms with Crippen molar-refractivity contribution in [3.63, 3.8) is 0 Å². The lowest BCUT2D eigenvalue weighted by atomic mass is 10.2. The summed E-state index contributed by atoms with van der Waals surface area (Å²) in [7, 11) is 0. The van der Waals surface area contributed by atoms with E-state index >= 15 is 0 Å². The fraction of sp³-hybridized carbons (Fsp3) is 0.286. The molecule has 0 bridgehead atoms. The summed E-state index contributed by atoms with van der Waals surface area (Å²) in [4.78, 5) is 28.2. The standard InChI is InChI=1S/C21H19F3N4O4/c22-21(23,24)15-3-1-4-16(13-15)32-14-28-7-6-17(25-28)19(29)26-8-10-27(11-9-26)20(30)18-5-2-12-31-18/h1-7,12-13H,8-11,14H2. The van der Waals surface area contributed by atoms with Crippen LogP contribution in [0.2, 0.25) is 0 Å². The minimum Gasteiger partial charge on any atom is -0.471 e. The van der Waals surface area contributed by atoms with Gasteiger partial charge in [-0.3, -0.25) is 9.59 Å². The summed E-state index contributed by atoms with van der Waals surface area (Å²) < 4.78 is 50.2. The second-order valence-electron chi connectivity index (χ2n) is 7.10. The maximum absolute atomic E-state index is 12.8. The Morgan fingerprint density at radius 1 is 1.00 bits per heavy atom. The number of benzene rings is 1. The van der Waals surface area contributed by atoms with Crippen molar-refractivity contribution >= 4 is 11.8 Å². The topological polar surface area (TPSA) is 80.8 Å². The molecule has 4 rings (SSSR count). The summed E-state index contributed by atoms with van der Waals surface area (Å²) in [5, 5.41) is 4.15. The normalized spacial score (nSPS) is 14.5. The highest BCUT2D eigenvalue weighted by atomic mass is 19.4. The SMILES string of the molecule is O=C(c1ccn(COc2cccc(C(F)(F)F)c2)n1)N1CCN(C(=O)c2ccco2)CC1. The van der Waals surface area contributed by atoms with Crippen LogP contribution in [0.15, 0.2) is 59.3 Å². The molecule has 1 saturated heterocycles. The zero-order valence-corrected chi connectivity index (χ0v) is 16.8. The van der Waals surface area contributed by atoms with Crippen molar-refractivity contribution in [1.29, 1.82) is 0 Å². The average Bonchev–Trinajstić information content (AvgIpc) is 3.49. The summed E-state index contributed by atoms with van der Waals surface area (Å²) in [5.41, 5.74) is -0.626. The Hall–Kier alpha value is -3.76. The number of aromatic nitrogens is 2. The molecule has 0 atom stereocenters. The zero-order chi connectivity index (χ0) is 22.7. The van der Waals surface area contributed by atoms with Gasteiger partial charge in [0.25, 0.3) is 11.8 Å². The van der Waals surface area contributed by atoms with Crippen molar-refractivity contribution in [3.05, 3.63) is 71.9 Å². The Balaban J connectivity index is 1.31. The Labute approximate surface area is 180 Å². The van der Waals surface area contributed by atoms with Crippen LogP contribution in [0.5, 0.6) is 5.75 Å². The van der Waals surface area contributed by atoms with Crippen molar-refractivity contribution < 1.29 is 31.9 Å². The molecule has 0 saturated carbocycles. The van der Waals surface area contributed by atoms with E-state index in [1.807, 2.05) is 0 Å². The maximum atomic E-state index is 12.8.